The van der Waals surface area contributed by atoms with Crippen molar-refractivity contribution in [2.24, 2.45) is 0 Å². The third kappa shape index (κ3) is 2.35. The predicted octanol–water partition coefficient (Wildman–Crippen LogP) is 2.58. The van der Waals surface area contributed by atoms with Gasteiger partial charge in [-0.15, -0.1) is 5.10 Å². The molecular weight excluding hydrogens is 265 g/mol. The lowest BCUT2D eigenvalue weighted by atomic mass is 10.1. The molecule has 1 aromatic heterocycles. The number of nitrogens with zero attached hydrogens (tertiary/aromatic N) is 3. The second-order valence-corrected chi connectivity index (χ2v) is 5.21. The van der Waals surface area contributed by atoms with Crippen molar-refractivity contribution >= 4 is 17.4 Å². The maximum absolute atomic E-state index is 12.9. The van der Waals surface area contributed by atoms with Crippen LogP contribution in [-0.4, -0.2) is 33.5 Å². The molecule has 0 bridgehead atoms. The van der Waals surface area contributed by atoms with Crippen molar-refractivity contribution in [2.75, 3.05) is 13.1 Å². The summed E-state index contributed by atoms with van der Waals surface area (Å²) in [5.41, 5.74) is 1.26. The van der Waals surface area contributed by atoms with Crippen molar-refractivity contribution in [3.63, 3.8) is 0 Å². The molecule has 1 aromatic carbocycles. The van der Waals surface area contributed by atoms with Crippen LogP contribution in [0.15, 0.2) is 24.3 Å². The number of hydrogen-bond acceptors (Lipinski definition) is 4. The molecule has 3 rings (SSSR count). The van der Waals surface area contributed by atoms with Crippen LogP contribution in [0, 0.1) is 5.82 Å². The van der Waals surface area contributed by atoms with E-state index < -0.39 is 0 Å². The number of carbonyl (C=O) groups is 1. The summed E-state index contributed by atoms with van der Waals surface area (Å²) in [4.78, 5) is 14.7. The minimum Gasteiger partial charge on any atom is -0.338 e. The van der Waals surface area contributed by atoms with E-state index in [9.17, 15) is 9.18 Å². The molecule has 2 aromatic rings. The van der Waals surface area contributed by atoms with Gasteiger partial charge in [-0.2, -0.15) is 0 Å². The maximum atomic E-state index is 12.9. The van der Waals surface area contributed by atoms with Gasteiger partial charge in [0.25, 0.3) is 5.91 Å². The van der Waals surface area contributed by atoms with Gasteiger partial charge >= 0.3 is 0 Å². The third-order valence-corrected chi connectivity index (χ3v) is 3.91. The van der Waals surface area contributed by atoms with Gasteiger partial charge in [-0.3, -0.25) is 4.79 Å². The van der Waals surface area contributed by atoms with E-state index >= 15 is 0 Å². The molecule has 0 radical (unpaired) electrons. The van der Waals surface area contributed by atoms with Crippen LogP contribution in [-0.2, 0) is 0 Å². The Morgan fingerprint density at radius 1 is 1.21 bits per heavy atom. The minimum absolute atomic E-state index is 0.0215. The largest absolute Gasteiger partial charge is 0.338 e. The number of likely N-dealkylation sites (tertiary alicyclic amines) is 1. The van der Waals surface area contributed by atoms with Gasteiger partial charge in [-0.1, -0.05) is 4.49 Å². The van der Waals surface area contributed by atoms with Crippen molar-refractivity contribution in [2.45, 2.75) is 12.8 Å². The van der Waals surface area contributed by atoms with E-state index in [1.165, 1.54) is 12.1 Å². The quantitative estimate of drug-likeness (QED) is 0.847. The van der Waals surface area contributed by atoms with E-state index in [-0.39, 0.29) is 11.7 Å². The van der Waals surface area contributed by atoms with Gasteiger partial charge in [0.15, 0.2) is 0 Å². The molecule has 6 heteroatoms. The normalized spacial score (nSPS) is 14.9. The molecule has 1 aliphatic heterocycles. The molecule has 1 saturated heterocycles. The Balaban J connectivity index is 1.93. The van der Waals surface area contributed by atoms with E-state index in [1.807, 2.05) is 4.90 Å². The lowest BCUT2D eigenvalue weighted by molar-refractivity contribution is 0.0798. The van der Waals surface area contributed by atoms with E-state index in [2.05, 4.69) is 9.59 Å². The number of aromatic nitrogens is 2. The average Bonchev–Trinajstić information content (AvgIpc) is 3.10. The van der Waals surface area contributed by atoms with E-state index in [1.54, 1.807) is 12.1 Å². The number of hydrogen-bond donors (Lipinski definition) is 0. The van der Waals surface area contributed by atoms with Crippen LogP contribution in [0.5, 0.6) is 0 Å². The van der Waals surface area contributed by atoms with Crippen molar-refractivity contribution in [1.29, 1.82) is 0 Å². The van der Waals surface area contributed by atoms with Gasteiger partial charge in [0.05, 0.1) is 0 Å². The first-order valence-corrected chi connectivity index (χ1v) is 6.90. The number of benzene rings is 1. The Labute approximate surface area is 114 Å². The molecule has 98 valence electrons. The summed E-state index contributed by atoms with van der Waals surface area (Å²) in [7, 11) is 0. The fourth-order valence-corrected chi connectivity index (χ4v) is 2.85. The van der Waals surface area contributed by atoms with Crippen LogP contribution >= 0.6 is 11.5 Å². The highest BCUT2D eigenvalue weighted by molar-refractivity contribution is 7.08. The van der Waals surface area contributed by atoms with Crippen LogP contribution in [0.4, 0.5) is 4.39 Å². The Morgan fingerprint density at radius 2 is 1.89 bits per heavy atom. The highest BCUT2D eigenvalue weighted by atomic mass is 32.1. The molecule has 2 heterocycles. The van der Waals surface area contributed by atoms with E-state index in [4.69, 9.17) is 0 Å². The van der Waals surface area contributed by atoms with Gasteiger partial charge in [-0.05, 0) is 48.6 Å². The van der Waals surface area contributed by atoms with Crippen molar-refractivity contribution in [3.05, 3.63) is 35.0 Å². The summed E-state index contributed by atoms with van der Waals surface area (Å²) >= 11 is 1.10. The summed E-state index contributed by atoms with van der Waals surface area (Å²) in [6.07, 6.45) is 2.09. The van der Waals surface area contributed by atoms with Crippen molar-refractivity contribution in [1.82, 2.24) is 14.5 Å². The zero-order chi connectivity index (χ0) is 13.2. The summed E-state index contributed by atoms with van der Waals surface area (Å²) in [6, 6.07) is 5.96. The van der Waals surface area contributed by atoms with E-state index in [0.29, 0.717) is 10.6 Å². The molecule has 1 fully saturated rings. The zero-order valence-electron chi connectivity index (χ0n) is 10.2. The monoisotopic (exact) mass is 277 g/mol. The lowest BCUT2D eigenvalue weighted by Gasteiger charge is -2.13. The molecule has 0 unspecified atom stereocenters. The van der Waals surface area contributed by atoms with Crippen LogP contribution in [0.2, 0.25) is 0 Å². The van der Waals surface area contributed by atoms with Gasteiger partial charge in [0.2, 0.25) is 0 Å². The summed E-state index contributed by atoms with van der Waals surface area (Å²) in [5.74, 6) is -0.328. The Morgan fingerprint density at radius 3 is 2.58 bits per heavy atom. The second-order valence-electron chi connectivity index (χ2n) is 4.46. The number of halogens is 1. The number of amides is 1. The molecule has 0 atom stereocenters. The molecule has 4 nitrogen and oxygen atoms in total. The molecular formula is C13H12FN3OS. The van der Waals surface area contributed by atoms with E-state index in [0.717, 1.165) is 43.0 Å². The third-order valence-electron chi connectivity index (χ3n) is 3.19. The highest BCUT2D eigenvalue weighted by Crippen LogP contribution is 2.26. The first-order chi connectivity index (χ1) is 9.25. The SMILES string of the molecule is O=C(c1snnc1-c1ccc(F)cc1)N1CCCC1. The molecule has 0 aliphatic carbocycles. The first kappa shape index (κ1) is 12.2. The zero-order valence-corrected chi connectivity index (χ0v) is 11.0. The molecule has 0 N–H and O–H groups in total. The molecule has 1 amide bonds. The van der Waals surface area contributed by atoms with Gasteiger partial charge in [0.1, 0.15) is 16.4 Å². The molecule has 0 spiro atoms. The van der Waals surface area contributed by atoms with Gasteiger partial charge < -0.3 is 4.90 Å². The highest BCUT2D eigenvalue weighted by Gasteiger charge is 2.25. The van der Waals surface area contributed by atoms with Crippen LogP contribution in [0.3, 0.4) is 0 Å². The van der Waals surface area contributed by atoms with Crippen molar-refractivity contribution < 1.29 is 9.18 Å². The number of carbonyl (C=O) groups excluding carboxylic acids is 1. The fraction of sp³-hybridized carbons (Fsp3) is 0.308. The van der Waals surface area contributed by atoms with Crippen LogP contribution in [0.1, 0.15) is 22.5 Å². The van der Waals surface area contributed by atoms with Gasteiger partial charge in [-0.25, -0.2) is 4.39 Å². The number of rotatable bonds is 2. The second kappa shape index (κ2) is 5.05. The smallest absolute Gasteiger partial charge is 0.267 e. The minimum atomic E-state index is -0.306. The van der Waals surface area contributed by atoms with Crippen LogP contribution in [0.25, 0.3) is 11.3 Å². The fourth-order valence-electron chi connectivity index (χ4n) is 2.19. The van der Waals surface area contributed by atoms with Crippen LogP contribution < -0.4 is 0 Å². The topological polar surface area (TPSA) is 46.1 Å². The van der Waals surface area contributed by atoms with Crippen molar-refractivity contribution in [3.8, 4) is 11.3 Å². The Kier molecular flexibility index (Phi) is 3.25. The molecule has 19 heavy (non-hydrogen) atoms. The average molecular weight is 277 g/mol. The maximum Gasteiger partial charge on any atom is 0.267 e. The summed E-state index contributed by atoms with van der Waals surface area (Å²) in [5, 5.41) is 4.01. The standard InChI is InChI=1S/C13H12FN3OS/c14-10-5-3-9(4-6-10)11-12(19-16-15-11)13(18)17-7-1-2-8-17/h3-6H,1-2,7-8H2. The summed E-state index contributed by atoms with van der Waals surface area (Å²) in [6.45, 7) is 1.58. The Bertz CT molecular complexity index is 590. The Hall–Kier alpha value is -1.82. The van der Waals surface area contributed by atoms with Gasteiger partial charge in [0, 0.05) is 18.7 Å². The lowest BCUT2D eigenvalue weighted by Crippen LogP contribution is -2.27. The molecule has 0 saturated carbocycles. The first-order valence-electron chi connectivity index (χ1n) is 6.13. The summed E-state index contributed by atoms with van der Waals surface area (Å²) < 4.78 is 16.8. The molecule has 1 aliphatic rings. The predicted molar refractivity (Wildman–Crippen MR) is 70.4 cm³/mol.